The van der Waals surface area contributed by atoms with Gasteiger partial charge in [0.15, 0.2) is 5.82 Å². The Labute approximate surface area is 153 Å². The van der Waals surface area contributed by atoms with Gasteiger partial charge in [-0.2, -0.15) is 5.10 Å². The van der Waals surface area contributed by atoms with Gasteiger partial charge in [-0.1, -0.05) is 15.9 Å². The topological polar surface area (TPSA) is 78.0 Å². The van der Waals surface area contributed by atoms with Crippen molar-refractivity contribution in [2.24, 2.45) is 0 Å². The van der Waals surface area contributed by atoms with Gasteiger partial charge in [0.1, 0.15) is 29.7 Å². The van der Waals surface area contributed by atoms with Gasteiger partial charge in [0.2, 0.25) is 0 Å². The molecule has 3 aromatic rings. The number of hydrogen-bond donors (Lipinski definition) is 1. The van der Waals surface area contributed by atoms with Crippen LogP contribution in [0.1, 0.15) is 18.8 Å². The quantitative estimate of drug-likeness (QED) is 0.727. The van der Waals surface area contributed by atoms with Crippen LogP contribution in [-0.2, 0) is 6.54 Å². The van der Waals surface area contributed by atoms with Crippen molar-refractivity contribution >= 4 is 15.9 Å². The highest BCUT2D eigenvalue weighted by Crippen LogP contribution is 2.35. The number of aryl methyl sites for hydroxylation is 1. The van der Waals surface area contributed by atoms with Crippen LogP contribution in [0.15, 0.2) is 28.9 Å². The molecule has 0 radical (unpaired) electrons. The maximum atomic E-state index is 9.49. The lowest BCUT2D eigenvalue weighted by Crippen LogP contribution is -2.12. The highest BCUT2D eigenvalue weighted by atomic mass is 79.9. The summed E-state index contributed by atoms with van der Waals surface area (Å²) in [5, 5.41) is 13.9. The molecule has 1 aromatic carbocycles. The molecule has 1 N–H and O–H groups in total. The SMILES string of the molecule is Cc1nc(-c2cn3c(n2)-c2ccc(Br)cc2OCC3)n(C(C)CO)n1. The van der Waals surface area contributed by atoms with E-state index in [4.69, 9.17) is 9.72 Å². The first-order valence-corrected chi connectivity index (χ1v) is 8.90. The van der Waals surface area contributed by atoms with Crippen LogP contribution in [0, 0.1) is 6.92 Å². The fraction of sp³-hybridized carbons (Fsp3) is 0.353. The zero-order valence-corrected chi connectivity index (χ0v) is 15.6. The minimum Gasteiger partial charge on any atom is -0.491 e. The number of imidazole rings is 1. The number of aromatic nitrogens is 5. The van der Waals surface area contributed by atoms with Gasteiger partial charge in [-0.15, -0.1) is 0 Å². The van der Waals surface area contributed by atoms with Gasteiger partial charge in [0, 0.05) is 10.7 Å². The van der Waals surface area contributed by atoms with Gasteiger partial charge in [0.25, 0.3) is 0 Å². The lowest BCUT2D eigenvalue weighted by Gasteiger charge is -2.10. The van der Waals surface area contributed by atoms with E-state index < -0.39 is 0 Å². The average molecular weight is 404 g/mol. The number of aliphatic hydroxyl groups excluding tert-OH is 1. The summed E-state index contributed by atoms with van der Waals surface area (Å²) in [7, 11) is 0. The Morgan fingerprint density at radius 1 is 1.32 bits per heavy atom. The minimum atomic E-state index is -0.163. The molecule has 4 rings (SSSR count). The fourth-order valence-electron chi connectivity index (χ4n) is 2.95. The zero-order chi connectivity index (χ0) is 17.6. The Morgan fingerprint density at radius 3 is 2.96 bits per heavy atom. The van der Waals surface area contributed by atoms with Crippen molar-refractivity contribution in [3.63, 3.8) is 0 Å². The van der Waals surface area contributed by atoms with Gasteiger partial charge >= 0.3 is 0 Å². The first kappa shape index (κ1) is 16.3. The van der Waals surface area contributed by atoms with E-state index in [0.29, 0.717) is 24.8 Å². The summed E-state index contributed by atoms with van der Waals surface area (Å²) >= 11 is 3.48. The predicted octanol–water partition coefficient (Wildman–Crippen LogP) is 2.83. The molecule has 25 heavy (non-hydrogen) atoms. The van der Waals surface area contributed by atoms with Crippen molar-refractivity contribution in [3.05, 3.63) is 34.7 Å². The number of halogens is 1. The summed E-state index contributed by atoms with van der Waals surface area (Å²) in [6.07, 6.45) is 1.97. The van der Waals surface area contributed by atoms with Crippen molar-refractivity contribution in [1.29, 1.82) is 0 Å². The summed E-state index contributed by atoms with van der Waals surface area (Å²) in [6.45, 7) is 5.02. The molecule has 1 unspecified atom stereocenters. The molecule has 8 heteroatoms. The van der Waals surface area contributed by atoms with Crippen molar-refractivity contribution in [2.45, 2.75) is 26.4 Å². The van der Waals surface area contributed by atoms with E-state index in [0.717, 1.165) is 27.3 Å². The van der Waals surface area contributed by atoms with Crippen LogP contribution < -0.4 is 4.74 Å². The number of aliphatic hydroxyl groups is 1. The first-order valence-electron chi connectivity index (χ1n) is 8.11. The van der Waals surface area contributed by atoms with E-state index in [1.807, 2.05) is 38.2 Å². The Bertz CT molecular complexity index is 933. The van der Waals surface area contributed by atoms with E-state index >= 15 is 0 Å². The van der Waals surface area contributed by atoms with Crippen molar-refractivity contribution in [2.75, 3.05) is 13.2 Å². The molecule has 1 atom stereocenters. The highest BCUT2D eigenvalue weighted by Gasteiger charge is 2.22. The second-order valence-electron chi connectivity index (χ2n) is 6.09. The molecule has 2 aromatic heterocycles. The molecule has 0 saturated heterocycles. The maximum absolute atomic E-state index is 9.49. The highest BCUT2D eigenvalue weighted by molar-refractivity contribution is 9.10. The van der Waals surface area contributed by atoms with E-state index in [2.05, 4.69) is 30.6 Å². The number of hydrogen-bond acceptors (Lipinski definition) is 5. The summed E-state index contributed by atoms with van der Waals surface area (Å²) in [5.74, 6) is 2.98. The van der Waals surface area contributed by atoms with Gasteiger partial charge < -0.3 is 14.4 Å². The molecule has 130 valence electrons. The van der Waals surface area contributed by atoms with Crippen LogP contribution in [0.4, 0.5) is 0 Å². The van der Waals surface area contributed by atoms with Crippen molar-refractivity contribution in [1.82, 2.24) is 24.3 Å². The second kappa shape index (κ2) is 6.27. The van der Waals surface area contributed by atoms with Crippen LogP contribution in [0.3, 0.4) is 0 Å². The molecule has 0 spiro atoms. The number of fused-ring (bicyclic) bond motifs is 3. The van der Waals surface area contributed by atoms with Gasteiger partial charge in [-0.05, 0) is 32.0 Å². The molecule has 0 fully saturated rings. The van der Waals surface area contributed by atoms with Crippen molar-refractivity contribution < 1.29 is 9.84 Å². The Hall–Kier alpha value is -2.19. The number of rotatable bonds is 3. The third kappa shape index (κ3) is 2.85. The van der Waals surface area contributed by atoms with Gasteiger partial charge in [-0.3, -0.25) is 0 Å². The molecule has 0 amide bonds. The number of ether oxygens (including phenoxy) is 1. The summed E-state index contributed by atoms with van der Waals surface area (Å²) in [4.78, 5) is 9.32. The maximum Gasteiger partial charge on any atom is 0.178 e. The Kier molecular flexibility index (Phi) is 4.09. The van der Waals surface area contributed by atoms with E-state index in [1.54, 1.807) is 4.68 Å². The Morgan fingerprint density at radius 2 is 2.16 bits per heavy atom. The van der Waals surface area contributed by atoms with E-state index in [9.17, 15) is 5.11 Å². The normalized spacial score (nSPS) is 14.4. The molecule has 0 saturated carbocycles. The largest absolute Gasteiger partial charge is 0.491 e. The molecule has 1 aliphatic rings. The van der Waals surface area contributed by atoms with Gasteiger partial charge in [-0.25, -0.2) is 14.6 Å². The molecular weight excluding hydrogens is 386 g/mol. The molecule has 0 aliphatic carbocycles. The third-order valence-corrected chi connectivity index (χ3v) is 4.69. The van der Waals surface area contributed by atoms with Crippen LogP contribution in [-0.4, -0.2) is 42.6 Å². The third-order valence-electron chi connectivity index (χ3n) is 4.20. The summed E-state index contributed by atoms with van der Waals surface area (Å²) in [5.41, 5.74) is 1.69. The average Bonchev–Trinajstić information content (AvgIpc) is 3.14. The molecule has 0 bridgehead atoms. The van der Waals surface area contributed by atoms with Gasteiger partial charge in [0.05, 0.1) is 24.8 Å². The van der Waals surface area contributed by atoms with E-state index in [1.165, 1.54) is 0 Å². The molecular formula is C17H18BrN5O2. The monoisotopic (exact) mass is 403 g/mol. The lowest BCUT2D eigenvalue weighted by molar-refractivity contribution is 0.230. The summed E-state index contributed by atoms with van der Waals surface area (Å²) < 4.78 is 10.6. The van der Waals surface area contributed by atoms with E-state index in [-0.39, 0.29) is 12.6 Å². The second-order valence-corrected chi connectivity index (χ2v) is 7.01. The first-order chi connectivity index (χ1) is 12.1. The lowest BCUT2D eigenvalue weighted by atomic mass is 10.2. The fourth-order valence-corrected chi connectivity index (χ4v) is 3.29. The minimum absolute atomic E-state index is 0.00589. The van der Waals surface area contributed by atoms with Crippen LogP contribution in [0.5, 0.6) is 5.75 Å². The van der Waals surface area contributed by atoms with Crippen LogP contribution in [0.25, 0.3) is 22.9 Å². The smallest absolute Gasteiger partial charge is 0.178 e. The number of benzene rings is 1. The predicted molar refractivity (Wildman–Crippen MR) is 96.4 cm³/mol. The summed E-state index contributed by atoms with van der Waals surface area (Å²) in [6, 6.07) is 5.77. The van der Waals surface area contributed by atoms with Crippen LogP contribution in [0.2, 0.25) is 0 Å². The van der Waals surface area contributed by atoms with Crippen LogP contribution >= 0.6 is 15.9 Å². The molecule has 7 nitrogen and oxygen atoms in total. The standard InChI is InChI=1S/C17H18BrN5O2/c1-10(9-24)23-17(19-11(2)21-23)14-8-22-5-6-25-15-7-12(18)3-4-13(15)16(22)20-14/h3-4,7-8,10,24H,5-6,9H2,1-2H3. The molecule has 1 aliphatic heterocycles. The molecule has 3 heterocycles. The zero-order valence-electron chi connectivity index (χ0n) is 14.0. The Balaban J connectivity index is 1.85. The van der Waals surface area contributed by atoms with Crippen molar-refractivity contribution in [3.8, 4) is 28.7 Å². The number of nitrogens with zero attached hydrogens (tertiary/aromatic N) is 5.